The van der Waals surface area contributed by atoms with E-state index < -0.39 is 97.5 Å². The van der Waals surface area contributed by atoms with Crippen molar-refractivity contribution < 1.29 is 80.2 Å². The molecular formula is C81H136O17P2. The van der Waals surface area contributed by atoms with Crippen molar-refractivity contribution in [2.24, 2.45) is 0 Å². The zero-order valence-electron chi connectivity index (χ0n) is 62.3. The molecular weight excluding hydrogens is 1310 g/mol. The van der Waals surface area contributed by atoms with Gasteiger partial charge in [0.25, 0.3) is 0 Å². The molecule has 572 valence electrons. The number of carbonyl (C=O) groups is 4. The van der Waals surface area contributed by atoms with Gasteiger partial charge in [0.15, 0.2) is 12.2 Å². The Morgan fingerprint density at radius 2 is 0.520 bits per heavy atom. The van der Waals surface area contributed by atoms with Crippen LogP contribution in [0, 0.1) is 0 Å². The highest BCUT2D eigenvalue weighted by Gasteiger charge is 2.30. The highest BCUT2D eigenvalue weighted by Crippen LogP contribution is 2.45. The van der Waals surface area contributed by atoms with Gasteiger partial charge in [0, 0.05) is 25.7 Å². The van der Waals surface area contributed by atoms with Crippen LogP contribution in [0.3, 0.4) is 0 Å². The number of phosphoric ester groups is 2. The molecule has 0 amide bonds. The quantitative estimate of drug-likeness (QED) is 0.0169. The number of carbonyl (C=O) groups excluding carboxylic acids is 4. The van der Waals surface area contributed by atoms with Gasteiger partial charge in [0.05, 0.1) is 26.4 Å². The monoisotopic (exact) mass is 1440 g/mol. The van der Waals surface area contributed by atoms with Crippen molar-refractivity contribution in [1.82, 2.24) is 0 Å². The van der Waals surface area contributed by atoms with Gasteiger partial charge in [-0.3, -0.25) is 37.3 Å². The summed E-state index contributed by atoms with van der Waals surface area (Å²) < 4.78 is 68.4. The second-order valence-electron chi connectivity index (χ2n) is 25.2. The van der Waals surface area contributed by atoms with Crippen LogP contribution in [0.2, 0.25) is 0 Å². The van der Waals surface area contributed by atoms with Crippen LogP contribution in [-0.2, 0) is 65.4 Å². The fourth-order valence-electron chi connectivity index (χ4n) is 9.86. The first-order chi connectivity index (χ1) is 48.7. The maximum atomic E-state index is 13.1. The summed E-state index contributed by atoms with van der Waals surface area (Å²) in [6, 6.07) is 0. The molecule has 0 aromatic carbocycles. The van der Waals surface area contributed by atoms with Crippen molar-refractivity contribution in [2.45, 2.75) is 316 Å². The maximum Gasteiger partial charge on any atom is 0.472 e. The van der Waals surface area contributed by atoms with E-state index in [4.69, 9.17) is 37.0 Å². The molecule has 19 heteroatoms. The molecule has 0 aliphatic rings. The minimum atomic E-state index is -4.99. The Balaban J connectivity index is 5.41. The molecule has 0 radical (unpaired) electrons. The van der Waals surface area contributed by atoms with Crippen LogP contribution in [0.15, 0.2) is 134 Å². The average molecular weight is 1440 g/mol. The maximum absolute atomic E-state index is 13.1. The van der Waals surface area contributed by atoms with Gasteiger partial charge in [0.2, 0.25) is 0 Å². The summed E-state index contributed by atoms with van der Waals surface area (Å²) in [5, 5.41) is 10.6. The summed E-state index contributed by atoms with van der Waals surface area (Å²) >= 11 is 0. The number of esters is 4. The van der Waals surface area contributed by atoms with Crippen molar-refractivity contribution in [3.8, 4) is 0 Å². The molecule has 0 fully saturated rings. The Kier molecular flexibility index (Phi) is 69.1. The normalized spacial score (nSPS) is 14.7. The molecule has 17 nitrogen and oxygen atoms in total. The first kappa shape index (κ1) is 95.2. The minimum absolute atomic E-state index is 0.0629. The number of allylic oxidation sites excluding steroid dienone is 22. The van der Waals surface area contributed by atoms with Crippen LogP contribution in [-0.4, -0.2) is 96.7 Å². The smallest absolute Gasteiger partial charge is 0.462 e. The third kappa shape index (κ3) is 71.6. The number of unbranched alkanes of at least 4 members (excludes halogenated alkanes) is 23. The molecule has 3 N–H and O–H groups in total. The summed E-state index contributed by atoms with van der Waals surface area (Å²) in [6.07, 6.45) is 80.1. The molecule has 0 aliphatic heterocycles. The molecule has 0 saturated carbocycles. The van der Waals surface area contributed by atoms with Gasteiger partial charge < -0.3 is 33.8 Å². The lowest BCUT2D eigenvalue weighted by molar-refractivity contribution is -0.161. The topological polar surface area (TPSA) is 237 Å². The Morgan fingerprint density at radius 1 is 0.290 bits per heavy atom. The molecule has 0 heterocycles. The number of hydrogen-bond donors (Lipinski definition) is 3. The molecule has 0 rings (SSSR count). The van der Waals surface area contributed by atoms with E-state index >= 15 is 0 Å². The average Bonchev–Trinajstić information content (AvgIpc) is 0.965. The van der Waals surface area contributed by atoms with Crippen molar-refractivity contribution >= 4 is 39.5 Å². The number of aliphatic hydroxyl groups excluding tert-OH is 1. The van der Waals surface area contributed by atoms with Crippen LogP contribution >= 0.6 is 15.6 Å². The Hall–Kier alpha value is -4.80. The lowest BCUT2D eigenvalue weighted by atomic mass is 10.0. The zero-order valence-corrected chi connectivity index (χ0v) is 64.1. The summed E-state index contributed by atoms with van der Waals surface area (Å²) in [5.41, 5.74) is 0. The number of aliphatic hydroxyl groups is 1. The van der Waals surface area contributed by atoms with Crippen molar-refractivity contribution in [1.29, 1.82) is 0 Å². The fraction of sp³-hybridized carbons (Fsp3) is 0.679. The molecule has 0 aromatic rings. The lowest BCUT2D eigenvalue weighted by Crippen LogP contribution is -2.30. The zero-order chi connectivity index (χ0) is 73.2. The van der Waals surface area contributed by atoms with E-state index in [0.717, 1.165) is 167 Å². The lowest BCUT2D eigenvalue weighted by Gasteiger charge is -2.21. The molecule has 5 unspecified atom stereocenters. The summed E-state index contributed by atoms with van der Waals surface area (Å²) in [4.78, 5) is 72.9. The van der Waals surface area contributed by atoms with Gasteiger partial charge in [0.1, 0.15) is 19.3 Å². The SMILES string of the molecule is CC/C=C\C/C=C\C/C=C\C/C=C\CCCCCCC(=O)OCC(COP(=O)(O)OCC(O)COP(=O)(O)OCC(COC(=O)CCCC/C=C\C/C=C\C/C=C\C/C=C\CC)OC(=O)CCCCCCC/C=C\C/C=C\C/C=C\CC)OC(=O)CCCCCCCCCCCCCCC. The van der Waals surface area contributed by atoms with Crippen LogP contribution in [0.5, 0.6) is 0 Å². The van der Waals surface area contributed by atoms with Gasteiger partial charge in [-0.25, -0.2) is 9.13 Å². The predicted molar refractivity (Wildman–Crippen MR) is 408 cm³/mol. The van der Waals surface area contributed by atoms with Gasteiger partial charge in [-0.15, -0.1) is 0 Å². The largest absolute Gasteiger partial charge is 0.472 e. The van der Waals surface area contributed by atoms with Gasteiger partial charge in [-0.2, -0.15) is 0 Å². The fourth-order valence-corrected chi connectivity index (χ4v) is 11.4. The van der Waals surface area contributed by atoms with Crippen LogP contribution in [0.4, 0.5) is 0 Å². The highest BCUT2D eigenvalue weighted by atomic mass is 31.2. The predicted octanol–water partition coefficient (Wildman–Crippen LogP) is 22.1. The van der Waals surface area contributed by atoms with Crippen molar-refractivity contribution in [2.75, 3.05) is 39.6 Å². The van der Waals surface area contributed by atoms with Crippen molar-refractivity contribution in [3.05, 3.63) is 134 Å². The van der Waals surface area contributed by atoms with E-state index in [0.29, 0.717) is 25.7 Å². The van der Waals surface area contributed by atoms with Crippen molar-refractivity contribution in [3.63, 3.8) is 0 Å². The summed E-state index contributed by atoms with van der Waals surface area (Å²) in [5.74, 6) is -2.27. The van der Waals surface area contributed by atoms with E-state index in [9.17, 15) is 43.2 Å². The van der Waals surface area contributed by atoms with Crippen LogP contribution in [0.25, 0.3) is 0 Å². The van der Waals surface area contributed by atoms with Gasteiger partial charge >= 0.3 is 39.5 Å². The highest BCUT2D eigenvalue weighted by molar-refractivity contribution is 7.47. The van der Waals surface area contributed by atoms with E-state index in [2.05, 4.69) is 161 Å². The third-order valence-electron chi connectivity index (χ3n) is 15.6. The van der Waals surface area contributed by atoms with E-state index in [-0.39, 0.29) is 25.7 Å². The number of ether oxygens (including phenoxy) is 4. The molecule has 0 aromatic heterocycles. The first-order valence-electron chi connectivity index (χ1n) is 38.4. The Morgan fingerprint density at radius 3 is 0.820 bits per heavy atom. The number of phosphoric acid groups is 2. The minimum Gasteiger partial charge on any atom is -0.462 e. The standard InChI is InChI=1S/C81H136O17P2/c1-5-9-13-17-21-25-29-33-36-37-40-43-46-50-54-58-62-66-79(84)92-71-76(97-80(85)67-63-59-55-51-47-41-32-28-24-20-16-12-8-4)73-95-99(87,88)93-69-75(82)70-94-100(89,90)96-74-77(98-81(86)68-64-60-56-52-48-44-39-35-31-27-23-19-15-11-7-3)72-91-78(83)65-61-57-53-49-45-42-38-34-30-26-22-18-14-10-6-2/h9-11,13-15,21-23,25-27,33-36,38-40,43,45,49,75-77,82H,5-8,12,16-20,24,28-32,37,41-42,44,46-48,50-74H2,1-4H3,(H,87,88)(H,89,90)/b13-9-,14-10-,15-11-,25-21-,26-22-,27-23-,36-33-,38-34-,39-35-,43-40-,49-45-. The van der Waals surface area contributed by atoms with Crippen LogP contribution in [0.1, 0.15) is 297 Å². The van der Waals surface area contributed by atoms with Crippen LogP contribution < -0.4 is 0 Å². The molecule has 0 spiro atoms. The second-order valence-corrected chi connectivity index (χ2v) is 28.1. The molecule has 0 saturated heterocycles. The number of rotatable bonds is 71. The molecule has 100 heavy (non-hydrogen) atoms. The van der Waals surface area contributed by atoms with Gasteiger partial charge in [-0.05, 0) is 135 Å². The van der Waals surface area contributed by atoms with E-state index in [1.54, 1.807) is 0 Å². The second kappa shape index (κ2) is 72.5. The first-order valence-corrected chi connectivity index (χ1v) is 41.4. The van der Waals surface area contributed by atoms with Gasteiger partial charge in [-0.1, -0.05) is 271 Å². The number of hydrogen-bond acceptors (Lipinski definition) is 15. The Bertz CT molecular complexity index is 2420. The summed E-state index contributed by atoms with van der Waals surface area (Å²) in [7, 11) is -9.98. The molecule has 0 bridgehead atoms. The van der Waals surface area contributed by atoms with E-state index in [1.807, 2.05) is 0 Å². The molecule has 5 atom stereocenters. The van der Waals surface area contributed by atoms with E-state index in [1.165, 1.54) is 51.4 Å². The summed E-state index contributed by atoms with van der Waals surface area (Å²) in [6.45, 7) is 4.44. The Labute approximate surface area is 605 Å². The third-order valence-corrected chi connectivity index (χ3v) is 17.5. The molecule has 0 aliphatic carbocycles.